The molecule has 0 aromatic heterocycles. The Morgan fingerprint density at radius 3 is 2.46 bits per heavy atom. The van der Waals surface area contributed by atoms with Gasteiger partial charge in [0.05, 0.1) is 13.2 Å². The van der Waals surface area contributed by atoms with E-state index in [0.29, 0.717) is 44.1 Å². The Bertz CT molecular complexity index is 615. The number of ether oxygens (including phenoxy) is 1. The lowest BCUT2D eigenvalue weighted by molar-refractivity contribution is -0.242. The predicted molar refractivity (Wildman–Crippen MR) is 91.8 cm³/mol. The molecule has 0 N–H and O–H groups in total. The number of halogens is 4. The van der Waals surface area contributed by atoms with Crippen molar-refractivity contribution in [2.24, 2.45) is 17.8 Å². The van der Waals surface area contributed by atoms with Crippen LogP contribution in [0.2, 0.25) is 0 Å². The van der Waals surface area contributed by atoms with Crippen LogP contribution < -0.4 is 0 Å². The molecule has 0 unspecified atom stereocenters. The van der Waals surface area contributed by atoms with Gasteiger partial charge in [-0.1, -0.05) is 28.1 Å². The van der Waals surface area contributed by atoms with Crippen molar-refractivity contribution in [2.45, 2.75) is 32.0 Å². The fourth-order valence-corrected chi connectivity index (χ4v) is 3.78. The highest BCUT2D eigenvalue weighted by molar-refractivity contribution is 9.10. The first-order chi connectivity index (χ1) is 12.3. The number of benzene rings is 1. The van der Waals surface area contributed by atoms with Gasteiger partial charge in [0.1, 0.15) is 0 Å². The van der Waals surface area contributed by atoms with Gasteiger partial charge in [0, 0.05) is 17.6 Å². The Morgan fingerprint density at radius 2 is 1.85 bits per heavy atom. The topological polar surface area (TPSA) is 38.8 Å². The molecular formula is C18H21BrF3NO3. The summed E-state index contributed by atoms with van der Waals surface area (Å²) >= 11 is 3.40. The third-order valence-corrected chi connectivity index (χ3v) is 5.57. The summed E-state index contributed by atoms with van der Waals surface area (Å²) in [6, 6.07) is 8.01. The molecule has 1 aromatic carbocycles. The van der Waals surface area contributed by atoms with Crippen LogP contribution in [0, 0.1) is 17.8 Å². The molecule has 0 bridgehead atoms. The van der Waals surface area contributed by atoms with Gasteiger partial charge >= 0.3 is 12.1 Å². The summed E-state index contributed by atoms with van der Waals surface area (Å²) < 4.78 is 43.5. The van der Waals surface area contributed by atoms with Gasteiger partial charge in [-0.2, -0.15) is 13.2 Å². The van der Waals surface area contributed by atoms with Crippen molar-refractivity contribution in [3.8, 4) is 0 Å². The number of alkyl halides is 3. The highest BCUT2D eigenvalue weighted by Crippen LogP contribution is 2.48. The van der Waals surface area contributed by atoms with Gasteiger partial charge in [-0.25, -0.2) is 4.79 Å². The van der Waals surface area contributed by atoms with E-state index >= 15 is 0 Å². The summed E-state index contributed by atoms with van der Waals surface area (Å²) in [7, 11) is 0. The highest BCUT2D eigenvalue weighted by atomic mass is 79.9. The Kier molecular flexibility index (Phi) is 6.25. The van der Waals surface area contributed by atoms with E-state index in [1.165, 1.54) is 0 Å². The number of hydroxylamine groups is 2. The number of piperidine rings is 1. The van der Waals surface area contributed by atoms with Gasteiger partial charge in [-0.15, -0.1) is 5.06 Å². The molecule has 2 atom stereocenters. The normalized spacial score (nSPS) is 24.5. The summed E-state index contributed by atoms with van der Waals surface area (Å²) in [5.74, 6) is -0.571. The molecule has 26 heavy (non-hydrogen) atoms. The molecule has 1 aliphatic heterocycles. The number of hydrogen-bond acceptors (Lipinski definition) is 4. The minimum Gasteiger partial charge on any atom is -0.376 e. The van der Waals surface area contributed by atoms with E-state index in [1.807, 2.05) is 24.3 Å². The molecule has 144 valence electrons. The van der Waals surface area contributed by atoms with Crippen LogP contribution in [0.25, 0.3) is 0 Å². The lowest BCUT2D eigenvalue weighted by atomic mass is 9.92. The molecule has 2 fully saturated rings. The molecule has 1 aromatic rings. The molecular weight excluding hydrogens is 415 g/mol. The summed E-state index contributed by atoms with van der Waals surface area (Å²) in [6.07, 6.45) is -2.34. The first kappa shape index (κ1) is 19.6. The molecule has 0 spiro atoms. The van der Waals surface area contributed by atoms with E-state index in [2.05, 4.69) is 20.8 Å². The van der Waals surface area contributed by atoms with Crippen LogP contribution in [0.15, 0.2) is 28.7 Å². The molecule has 2 aliphatic rings. The van der Waals surface area contributed by atoms with E-state index < -0.39 is 12.1 Å². The van der Waals surface area contributed by atoms with Crippen LogP contribution in [0.5, 0.6) is 0 Å². The fourth-order valence-electron chi connectivity index (χ4n) is 3.51. The third-order valence-electron chi connectivity index (χ3n) is 5.04. The Labute approximate surface area is 158 Å². The standard InChI is InChI=1S/C18H21BrF3NO3/c19-15-3-1-12(2-4-15)10-25-11-14-9-16(14)13-5-7-23(8-6-13)26-17(24)18(20,21)22/h1-4,13-14,16H,5-11H2/t14-,16+/m0/s1. The Hall–Kier alpha value is -1.12. The van der Waals surface area contributed by atoms with Crippen LogP contribution in [0.3, 0.4) is 0 Å². The average molecular weight is 436 g/mol. The monoisotopic (exact) mass is 435 g/mol. The fraction of sp³-hybridized carbons (Fsp3) is 0.611. The second kappa shape index (κ2) is 8.27. The zero-order valence-electron chi connectivity index (χ0n) is 14.2. The van der Waals surface area contributed by atoms with Crippen molar-refractivity contribution in [3.05, 3.63) is 34.3 Å². The maximum Gasteiger partial charge on any atom is 0.492 e. The zero-order chi connectivity index (χ0) is 18.7. The average Bonchev–Trinajstić information content (AvgIpc) is 3.36. The number of nitrogens with zero attached hydrogens (tertiary/aromatic N) is 1. The molecule has 1 heterocycles. The largest absolute Gasteiger partial charge is 0.492 e. The maximum atomic E-state index is 12.2. The maximum absolute atomic E-state index is 12.2. The van der Waals surface area contributed by atoms with Gasteiger partial charge in [0.15, 0.2) is 0 Å². The van der Waals surface area contributed by atoms with Crippen LogP contribution in [-0.2, 0) is 21.0 Å². The molecule has 1 saturated heterocycles. The minimum absolute atomic E-state index is 0.357. The second-order valence-corrected chi connectivity index (χ2v) is 7.86. The predicted octanol–water partition coefficient (Wildman–Crippen LogP) is 4.33. The van der Waals surface area contributed by atoms with E-state index in [4.69, 9.17) is 4.74 Å². The van der Waals surface area contributed by atoms with Crippen LogP contribution in [0.4, 0.5) is 13.2 Å². The van der Waals surface area contributed by atoms with Crippen molar-refractivity contribution in [3.63, 3.8) is 0 Å². The van der Waals surface area contributed by atoms with Gasteiger partial charge in [0.25, 0.3) is 0 Å². The van der Waals surface area contributed by atoms with Gasteiger partial charge in [0.2, 0.25) is 0 Å². The summed E-state index contributed by atoms with van der Waals surface area (Å²) in [5, 5.41) is 1.13. The van der Waals surface area contributed by atoms with Crippen molar-refractivity contribution in [1.82, 2.24) is 5.06 Å². The minimum atomic E-state index is -4.94. The molecule has 3 rings (SSSR count). The smallest absolute Gasteiger partial charge is 0.376 e. The zero-order valence-corrected chi connectivity index (χ0v) is 15.8. The first-order valence-corrected chi connectivity index (χ1v) is 9.48. The quantitative estimate of drug-likeness (QED) is 0.666. The van der Waals surface area contributed by atoms with Crippen molar-refractivity contribution < 1.29 is 27.5 Å². The molecule has 8 heteroatoms. The number of hydrogen-bond donors (Lipinski definition) is 0. The highest BCUT2D eigenvalue weighted by Gasteiger charge is 2.46. The van der Waals surface area contributed by atoms with Crippen LogP contribution in [0.1, 0.15) is 24.8 Å². The molecule has 0 amide bonds. The number of carbonyl (C=O) groups is 1. The second-order valence-electron chi connectivity index (χ2n) is 6.94. The number of rotatable bonds is 6. The third kappa shape index (κ3) is 5.44. The van der Waals surface area contributed by atoms with Crippen LogP contribution >= 0.6 is 15.9 Å². The van der Waals surface area contributed by atoms with Gasteiger partial charge in [-0.05, 0) is 54.7 Å². The first-order valence-electron chi connectivity index (χ1n) is 8.69. The van der Waals surface area contributed by atoms with Crippen molar-refractivity contribution in [2.75, 3.05) is 19.7 Å². The Morgan fingerprint density at radius 1 is 1.19 bits per heavy atom. The molecule has 1 saturated carbocycles. The molecule has 4 nitrogen and oxygen atoms in total. The van der Waals surface area contributed by atoms with Crippen molar-refractivity contribution in [1.29, 1.82) is 0 Å². The summed E-state index contributed by atoms with van der Waals surface area (Å²) in [5.41, 5.74) is 1.13. The molecule has 0 radical (unpaired) electrons. The van der Waals surface area contributed by atoms with E-state index in [1.54, 1.807) is 0 Å². The Balaban J connectivity index is 1.32. The van der Waals surface area contributed by atoms with E-state index in [-0.39, 0.29) is 0 Å². The van der Waals surface area contributed by atoms with Crippen molar-refractivity contribution >= 4 is 21.9 Å². The lowest BCUT2D eigenvalue weighted by Crippen LogP contribution is -2.40. The van der Waals surface area contributed by atoms with Gasteiger partial charge in [-0.3, -0.25) is 0 Å². The van der Waals surface area contributed by atoms with E-state index in [0.717, 1.165) is 34.4 Å². The summed E-state index contributed by atoms with van der Waals surface area (Å²) in [4.78, 5) is 15.3. The lowest BCUT2D eigenvalue weighted by Gasteiger charge is -2.30. The van der Waals surface area contributed by atoms with Gasteiger partial charge < -0.3 is 9.57 Å². The van der Waals surface area contributed by atoms with Crippen LogP contribution in [-0.4, -0.2) is 36.9 Å². The number of carbonyl (C=O) groups excluding carboxylic acids is 1. The SMILES string of the molecule is O=C(ON1CCC([C@H]2C[C@H]2COCc2ccc(Br)cc2)CC1)C(F)(F)F. The molecule has 1 aliphatic carbocycles. The summed E-state index contributed by atoms with van der Waals surface area (Å²) in [6.45, 7) is 2.01. The van der Waals surface area contributed by atoms with E-state index in [9.17, 15) is 18.0 Å².